The van der Waals surface area contributed by atoms with Gasteiger partial charge in [-0.3, -0.25) is 0 Å². The van der Waals surface area contributed by atoms with Crippen LogP contribution in [0.5, 0.6) is 0 Å². The summed E-state index contributed by atoms with van der Waals surface area (Å²) in [5.74, 6) is 0.987. The molecule has 19 heavy (non-hydrogen) atoms. The first-order valence-corrected chi connectivity index (χ1v) is 7.37. The van der Waals surface area contributed by atoms with Crippen LogP contribution < -0.4 is 5.73 Å². The highest BCUT2D eigenvalue weighted by atomic mass is 32.2. The van der Waals surface area contributed by atoms with Gasteiger partial charge >= 0.3 is 0 Å². The summed E-state index contributed by atoms with van der Waals surface area (Å²) in [4.78, 5) is 7.79. The van der Waals surface area contributed by atoms with E-state index < -0.39 is 5.54 Å². The van der Waals surface area contributed by atoms with E-state index in [1.165, 1.54) is 0 Å². The Kier molecular flexibility index (Phi) is 4.46. The molecule has 3 N–H and O–H groups in total. The SMILES string of the molecule is CC(N)(C#N)CCCCSc1nc2ccccc2[nH]1. The summed E-state index contributed by atoms with van der Waals surface area (Å²) in [6.45, 7) is 1.78. The van der Waals surface area contributed by atoms with Crippen molar-refractivity contribution in [2.24, 2.45) is 5.73 Å². The standard InChI is InChI=1S/C14H18N4S/c1-14(16,10-15)8-4-5-9-19-13-17-11-6-2-3-7-12(11)18-13/h2-3,6-7H,4-5,8-9,16H2,1H3,(H,17,18). The molecule has 1 aromatic heterocycles. The van der Waals surface area contributed by atoms with E-state index in [0.29, 0.717) is 0 Å². The molecule has 0 spiro atoms. The zero-order chi connectivity index (χ0) is 13.7. The number of benzene rings is 1. The van der Waals surface area contributed by atoms with Gasteiger partial charge in [-0.05, 0) is 38.3 Å². The molecule has 2 rings (SSSR count). The van der Waals surface area contributed by atoms with E-state index in [0.717, 1.165) is 41.2 Å². The van der Waals surface area contributed by atoms with Gasteiger partial charge in [-0.15, -0.1) is 0 Å². The third-order valence-corrected chi connectivity index (χ3v) is 3.91. The zero-order valence-corrected chi connectivity index (χ0v) is 11.8. The Bertz CT molecular complexity index is 549. The molecule has 0 aliphatic heterocycles. The smallest absolute Gasteiger partial charge is 0.166 e. The van der Waals surface area contributed by atoms with E-state index in [1.54, 1.807) is 18.7 Å². The summed E-state index contributed by atoms with van der Waals surface area (Å²) < 4.78 is 0. The van der Waals surface area contributed by atoms with Crippen LogP contribution in [-0.4, -0.2) is 21.3 Å². The lowest BCUT2D eigenvalue weighted by Gasteiger charge is -2.13. The molecule has 1 heterocycles. The molecule has 5 heteroatoms. The number of para-hydroxylation sites is 2. The van der Waals surface area contributed by atoms with E-state index in [-0.39, 0.29) is 0 Å². The number of nitrogens with two attached hydrogens (primary N) is 1. The molecule has 0 saturated heterocycles. The number of rotatable bonds is 6. The molecule has 1 unspecified atom stereocenters. The summed E-state index contributed by atoms with van der Waals surface area (Å²) in [6, 6.07) is 10.1. The summed E-state index contributed by atoms with van der Waals surface area (Å²) >= 11 is 1.71. The van der Waals surface area contributed by atoms with E-state index in [9.17, 15) is 0 Å². The van der Waals surface area contributed by atoms with E-state index in [4.69, 9.17) is 11.0 Å². The van der Waals surface area contributed by atoms with Gasteiger partial charge in [0.2, 0.25) is 0 Å². The maximum Gasteiger partial charge on any atom is 0.166 e. The molecular weight excluding hydrogens is 256 g/mol. The Hall–Kier alpha value is -1.51. The van der Waals surface area contributed by atoms with Crippen molar-refractivity contribution in [1.29, 1.82) is 5.26 Å². The van der Waals surface area contributed by atoms with Crippen LogP contribution in [0.25, 0.3) is 11.0 Å². The Morgan fingerprint density at radius 3 is 2.95 bits per heavy atom. The van der Waals surface area contributed by atoms with Crippen molar-refractivity contribution in [2.75, 3.05) is 5.75 Å². The third-order valence-electron chi connectivity index (χ3n) is 2.95. The summed E-state index contributed by atoms with van der Waals surface area (Å²) in [5.41, 5.74) is 7.16. The van der Waals surface area contributed by atoms with Crippen LogP contribution in [0.2, 0.25) is 0 Å². The minimum Gasteiger partial charge on any atom is -0.333 e. The largest absolute Gasteiger partial charge is 0.333 e. The van der Waals surface area contributed by atoms with Crippen molar-refractivity contribution in [2.45, 2.75) is 36.9 Å². The van der Waals surface area contributed by atoms with E-state index >= 15 is 0 Å². The molecule has 4 nitrogen and oxygen atoms in total. The first-order chi connectivity index (χ1) is 9.11. The molecule has 0 aliphatic rings. The number of nitrogens with zero attached hydrogens (tertiary/aromatic N) is 2. The molecule has 0 radical (unpaired) electrons. The third kappa shape index (κ3) is 3.98. The van der Waals surface area contributed by atoms with E-state index in [2.05, 4.69) is 16.0 Å². The average Bonchev–Trinajstić information content (AvgIpc) is 2.81. The second-order valence-corrected chi connectivity index (χ2v) is 5.98. The second kappa shape index (κ2) is 6.09. The summed E-state index contributed by atoms with van der Waals surface area (Å²) in [7, 11) is 0. The number of hydrogen-bond acceptors (Lipinski definition) is 4. The highest BCUT2D eigenvalue weighted by Crippen LogP contribution is 2.21. The van der Waals surface area contributed by atoms with Gasteiger partial charge < -0.3 is 10.7 Å². The number of unbranched alkanes of at least 4 members (excludes halogenated alkanes) is 1. The first kappa shape index (κ1) is 13.9. The van der Waals surface area contributed by atoms with Crippen molar-refractivity contribution in [3.63, 3.8) is 0 Å². The molecule has 2 aromatic rings. The quantitative estimate of drug-likeness (QED) is 0.627. The maximum atomic E-state index is 8.81. The number of fused-ring (bicyclic) bond motifs is 1. The van der Waals surface area contributed by atoms with Crippen molar-refractivity contribution in [1.82, 2.24) is 9.97 Å². The van der Waals surface area contributed by atoms with Gasteiger partial charge in [0.25, 0.3) is 0 Å². The number of hydrogen-bond donors (Lipinski definition) is 2. The number of aromatic nitrogens is 2. The van der Waals surface area contributed by atoms with Crippen LogP contribution in [0.1, 0.15) is 26.2 Å². The Morgan fingerprint density at radius 2 is 2.21 bits per heavy atom. The van der Waals surface area contributed by atoms with Gasteiger partial charge in [0.15, 0.2) is 5.16 Å². The second-order valence-electron chi connectivity index (χ2n) is 4.89. The minimum absolute atomic E-state index is 0.690. The molecule has 1 aromatic carbocycles. The summed E-state index contributed by atoms with van der Waals surface area (Å²) in [6.07, 6.45) is 2.74. The molecule has 0 bridgehead atoms. The Balaban J connectivity index is 1.76. The predicted molar refractivity (Wildman–Crippen MR) is 78.9 cm³/mol. The Morgan fingerprint density at radius 1 is 1.42 bits per heavy atom. The number of nitriles is 1. The van der Waals surface area contributed by atoms with Crippen LogP contribution in [0.15, 0.2) is 29.4 Å². The lowest BCUT2D eigenvalue weighted by atomic mass is 9.99. The van der Waals surface area contributed by atoms with Crippen LogP contribution in [0.3, 0.4) is 0 Å². The lowest BCUT2D eigenvalue weighted by molar-refractivity contribution is 0.519. The average molecular weight is 274 g/mol. The van der Waals surface area contributed by atoms with Gasteiger partial charge in [-0.25, -0.2) is 4.98 Å². The van der Waals surface area contributed by atoms with Gasteiger partial charge in [0.1, 0.15) is 5.54 Å². The molecule has 0 saturated carbocycles. The van der Waals surface area contributed by atoms with E-state index in [1.807, 2.05) is 24.3 Å². The lowest BCUT2D eigenvalue weighted by Crippen LogP contribution is -2.33. The monoisotopic (exact) mass is 274 g/mol. The van der Waals surface area contributed by atoms with Gasteiger partial charge in [-0.2, -0.15) is 5.26 Å². The van der Waals surface area contributed by atoms with Crippen LogP contribution in [0.4, 0.5) is 0 Å². The zero-order valence-electron chi connectivity index (χ0n) is 11.0. The van der Waals surface area contributed by atoms with Crippen LogP contribution >= 0.6 is 11.8 Å². The number of aromatic amines is 1. The highest BCUT2D eigenvalue weighted by Gasteiger charge is 2.15. The number of thioether (sulfide) groups is 1. The summed E-state index contributed by atoms with van der Waals surface area (Å²) in [5, 5.41) is 9.77. The molecule has 100 valence electrons. The fourth-order valence-corrected chi connectivity index (χ4v) is 2.70. The van der Waals surface area contributed by atoms with Gasteiger partial charge in [0, 0.05) is 5.75 Å². The topological polar surface area (TPSA) is 78.5 Å². The molecule has 1 atom stereocenters. The predicted octanol–water partition coefficient (Wildman–Crippen LogP) is 3.07. The fourth-order valence-electron chi connectivity index (χ4n) is 1.82. The number of nitrogens with one attached hydrogen (secondary N) is 1. The molecular formula is C14H18N4S. The normalized spacial score (nSPS) is 14.2. The molecule has 0 amide bonds. The van der Waals surface area contributed by atoms with Crippen molar-refractivity contribution < 1.29 is 0 Å². The van der Waals surface area contributed by atoms with Crippen molar-refractivity contribution in [3.8, 4) is 6.07 Å². The fraction of sp³-hybridized carbons (Fsp3) is 0.429. The molecule has 0 fully saturated rings. The van der Waals surface area contributed by atoms with Gasteiger partial charge in [-0.1, -0.05) is 23.9 Å². The van der Waals surface area contributed by atoms with Crippen molar-refractivity contribution in [3.05, 3.63) is 24.3 Å². The van der Waals surface area contributed by atoms with Crippen molar-refractivity contribution >= 4 is 22.8 Å². The molecule has 0 aliphatic carbocycles. The highest BCUT2D eigenvalue weighted by molar-refractivity contribution is 7.99. The maximum absolute atomic E-state index is 8.81. The Labute approximate surface area is 117 Å². The van der Waals surface area contributed by atoms with Crippen LogP contribution in [-0.2, 0) is 0 Å². The van der Waals surface area contributed by atoms with Crippen LogP contribution in [0, 0.1) is 11.3 Å². The number of H-pyrrole nitrogens is 1. The first-order valence-electron chi connectivity index (χ1n) is 6.38. The minimum atomic E-state index is -0.690. The number of imidazole rings is 1. The van der Waals surface area contributed by atoms with Gasteiger partial charge in [0.05, 0.1) is 17.1 Å².